The van der Waals surface area contributed by atoms with Crippen LogP contribution in [0.2, 0.25) is 0 Å². The summed E-state index contributed by atoms with van der Waals surface area (Å²) < 4.78 is 40.9. The van der Waals surface area contributed by atoms with Crippen molar-refractivity contribution in [1.29, 1.82) is 0 Å². The molecule has 1 fully saturated rings. The van der Waals surface area contributed by atoms with E-state index in [2.05, 4.69) is 20.4 Å². The number of ether oxygens (including phenoxy) is 1. The zero-order valence-electron chi connectivity index (χ0n) is 16.0. The topological polar surface area (TPSA) is 66.0 Å². The van der Waals surface area contributed by atoms with E-state index in [0.29, 0.717) is 18.1 Å². The summed E-state index contributed by atoms with van der Waals surface area (Å²) in [7, 11) is 1.63. The third-order valence-corrected chi connectivity index (χ3v) is 4.36. The first-order valence-electron chi connectivity index (χ1n) is 9.32. The summed E-state index contributed by atoms with van der Waals surface area (Å²) in [5.41, 5.74) is 1.60. The average Bonchev–Trinajstić information content (AvgIpc) is 2.68. The molecule has 0 atom stereocenters. The molecule has 0 radical (unpaired) electrons. The van der Waals surface area contributed by atoms with Crippen molar-refractivity contribution in [2.75, 3.05) is 33.3 Å². The van der Waals surface area contributed by atoms with Gasteiger partial charge in [0.25, 0.3) is 0 Å². The zero-order chi connectivity index (χ0) is 20.4. The number of piperidine rings is 1. The molecule has 6 nitrogen and oxygen atoms in total. The third kappa shape index (κ3) is 8.16. The second kappa shape index (κ2) is 10.9. The Bertz CT molecular complexity index is 642. The summed E-state index contributed by atoms with van der Waals surface area (Å²) in [5, 5.41) is 6.13. The predicted molar refractivity (Wildman–Crippen MR) is 101 cm³/mol. The largest absolute Gasteiger partial charge is 0.411 e. The van der Waals surface area contributed by atoms with Gasteiger partial charge in [0.15, 0.2) is 5.96 Å². The Labute approximate surface area is 163 Å². The first-order chi connectivity index (χ1) is 13.4. The van der Waals surface area contributed by atoms with Gasteiger partial charge in [0.1, 0.15) is 6.61 Å². The van der Waals surface area contributed by atoms with Crippen molar-refractivity contribution in [3.05, 3.63) is 35.4 Å². The first-order valence-corrected chi connectivity index (χ1v) is 9.32. The number of carbonyl (C=O) groups is 1. The maximum Gasteiger partial charge on any atom is 0.411 e. The van der Waals surface area contributed by atoms with Crippen LogP contribution in [0.5, 0.6) is 0 Å². The molecule has 1 aromatic rings. The van der Waals surface area contributed by atoms with Crippen LogP contribution in [-0.2, 0) is 22.7 Å². The van der Waals surface area contributed by atoms with E-state index >= 15 is 0 Å². The smallest absolute Gasteiger partial charge is 0.367 e. The van der Waals surface area contributed by atoms with Gasteiger partial charge in [-0.2, -0.15) is 13.2 Å². The lowest BCUT2D eigenvalue weighted by molar-refractivity contribution is -0.176. The Balaban J connectivity index is 1.71. The standard InChI is InChI=1S/C19H27F3N4O2/c1-23-18(25-12-17(27)26-9-3-2-4-10-26)24-11-15-5-7-16(8-6-15)13-28-14-19(20,21)22/h5-8H,2-4,9-14H2,1H3,(H2,23,24,25). The molecule has 9 heteroatoms. The van der Waals surface area contributed by atoms with Crippen molar-refractivity contribution in [2.45, 2.75) is 38.6 Å². The summed E-state index contributed by atoms with van der Waals surface area (Å²) in [6.45, 7) is 0.942. The van der Waals surface area contributed by atoms with Crippen molar-refractivity contribution in [1.82, 2.24) is 15.5 Å². The molecule has 0 saturated carbocycles. The van der Waals surface area contributed by atoms with E-state index in [4.69, 9.17) is 0 Å². The van der Waals surface area contributed by atoms with Gasteiger partial charge in [-0.15, -0.1) is 0 Å². The number of nitrogens with zero attached hydrogens (tertiary/aromatic N) is 2. The fraction of sp³-hybridized carbons (Fsp3) is 0.579. The number of carbonyl (C=O) groups excluding carboxylic acids is 1. The minimum Gasteiger partial charge on any atom is -0.367 e. The summed E-state index contributed by atoms with van der Waals surface area (Å²) in [4.78, 5) is 18.1. The van der Waals surface area contributed by atoms with Crippen LogP contribution >= 0.6 is 0 Å². The molecule has 1 amide bonds. The van der Waals surface area contributed by atoms with Gasteiger partial charge in [0.05, 0.1) is 13.2 Å². The molecule has 1 heterocycles. The fourth-order valence-corrected chi connectivity index (χ4v) is 2.86. The molecule has 0 bridgehead atoms. The van der Waals surface area contributed by atoms with E-state index in [1.165, 1.54) is 6.42 Å². The second-order valence-corrected chi connectivity index (χ2v) is 6.65. The molecular formula is C19H27F3N4O2. The minimum absolute atomic E-state index is 0.0610. The lowest BCUT2D eigenvalue weighted by Crippen LogP contribution is -2.45. The highest BCUT2D eigenvalue weighted by Gasteiger charge is 2.27. The van der Waals surface area contributed by atoms with Crippen LogP contribution in [0.3, 0.4) is 0 Å². The molecule has 0 spiro atoms. The number of hydrogen-bond acceptors (Lipinski definition) is 3. The predicted octanol–water partition coefficient (Wildman–Crippen LogP) is 2.44. The lowest BCUT2D eigenvalue weighted by atomic mass is 10.1. The van der Waals surface area contributed by atoms with Gasteiger partial charge in [0, 0.05) is 26.7 Å². The van der Waals surface area contributed by atoms with Gasteiger partial charge in [0.2, 0.25) is 5.91 Å². The van der Waals surface area contributed by atoms with Crippen LogP contribution in [0.25, 0.3) is 0 Å². The lowest BCUT2D eigenvalue weighted by Gasteiger charge is -2.27. The number of aliphatic imine (C=N–C) groups is 1. The van der Waals surface area contributed by atoms with E-state index in [1.807, 2.05) is 17.0 Å². The number of guanidine groups is 1. The van der Waals surface area contributed by atoms with E-state index in [1.54, 1.807) is 19.2 Å². The molecule has 1 aromatic carbocycles. The minimum atomic E-state index is -4.32. The van der Waals surface area contributed by atoms with Gasteiger partial charge < -0.3 is 20.3 Å². The number of hydrogen-bond donors (Lipinski definition) is 2. The number of alkyl halides is 3. The summed E-state index contributed by atoms with van der Waals surface area (Å²) >= 11 is 0. The van der Waals surface area contributed by atoms with Crippen molar-refractivity contribution >= 4 is 11.9 Å². The molecule has 28 heavy (non-hydrogen) atoms. The SMILES string of the molecule is CN=C(NCC(=O)N1CCCCC1)NCc1ccc(COCC(F)(F)F)cc1. The maximum absolute atomic E-state index is 12.2. The van der Waals surface area contributed by atoms with Crippen LogP contribution in [0.4, 0.5) is 13.2 Å². The summed E-state index contributed by atoms with van der Waals surface area (Å²) in [6.07, 6.45) is -1.04. The van der Waals surface area contributed by atoms with E-state index in [9.17, 15) is 18.0 Å². The summed E-state index contributed by atoms with van der Waals surface area (Å²) in [5.74, 6) is 0.578. The van der Waals surface area contributed by atoms with Gasteiger partial charge in [-0.1, -0.05) is 24.3 Å². The van der Waals surface area contributed by atoms with Crippen LogP contribution in [0.1, 0.15) is 30.4 Å². The monoisotopic (exact) mass is 400 g/mol. The van der Waals surface area contributed by atoms with Crippen molar-refractivity contribution in [2.24, 2.45) is 4.99 Å². The highest BCUT2D eigenvalue weighted by Crippen LogP contribution is 2.15. The van der Waals surface area contributed by atoms with E-state index < -0.39 is 12.8 Å². The van der Waals surface area contributed by atoms with Gasteiger partial charge in [-0.05, 0) is 30.4 Å². The number of likely N-dealkylation sites (tertiary alicyclic amines) is 1. The van der Waals surface area contributed by atoms with E-state index in [-0.39, 0.29) is 19.1 Å². The van der Waals surface area contributed by atoms with Gasteiger partial charge >= 0.3 is 6.18 Å². The van der Waals surface area contributed by atoms with Crippen LogP contribution in [0, 0.1) is 0 Å². The normalized spacial score (nSPS) is 15.4. The quantitative estimate of drug-likeness (QED) is 0.545. The molecular weight excluding hydrogens is 373 g/mol. The van der Waals surface area contributed by atoms with Crippen molar-refractivity contribution < 1.29 is 22.7 Å². The van der Waals surface area contributed by atoms with Crippen LogP contribution in [-0.4, -0.2) is 56.2 Å². The fourth-order valence-electron chi connectivity index (χ4n) is 2.86. The highest BCUT2D eigenvalue weighted by atomic mass is 19.4. The van der Waals surface area contributed by atoms with Crippen molar-refractivity contribution in [3.63, 3.8) is 0 Å². The Morgan fingerprint density at radius 3 is 2.36 bits per heavy atom. The number of nitrogens with one attached hydrogen (secondary N) is 2. The van der Waals surface area contributed by atoms with Gasteiger partial charge in [-0.3, -0.25) is 9.79 Å². The highest BCUT2D eigenvalue weighted by molar-refractivity contribution is 5.86. The molecule has 0 aromatic heterocycles. The first kappa shape index (κ1) is 22.0. The number of halogens is 3. The maximum atomic E-state index is 12.2. The number of rotatable bonds is 7. The second-order valence-electron chi connectivity index (χ2n) is 6.65. The Morgan fingerprint density at radius 1 is 1.11 bits per heavy atom. The average molecular weight is 400 g/mol. The van der Waals surface area contributed by atoms with Crippen LogP contribution < -0.4 is 10.6 Å². The van der Waals surface area contributed by atoms with Gasteiger partial charge in [-0.25, -0.2) is 0 Å². The molecule has 156 valence electrons. The molecule has 1 saturated heterocycles. The molecule has 1 aliphatic rings. The molecule has 0 aliphatic carbocycles. The van der Waals surface area contributed by atoms with Crippen LogP contribution in [0.15, 0.2) is 29.3 Å². The third-order valence-electron chi connectivity index (χ3n) is 4.36. The molecule has 2 N–H and O–H groups in total. The van der Waals surface area contributed by atoms with E-state index in [0.717, 1.165) is 31.5 Å². The molecule has 1 aliphatic heterocycles. The number of amides is 1. The number of benzene rings is 1. The Kier molecular flexibility index (Phi) is 8.56. The Morgan fingerprint density at radius 2 is 1.75 bits per heavy atom. The molecule has 2 rings (SSSR count). The van der Waals surface area contributed by atoms with Crippen molar-refractivity contribution in [3.8, 4) is 0 Å². The Hall–Kier alpha value is -2.29. The summed E-state index contributed by atoms with van der Waals surface area (Å²) in [6, 6.07) is 7.07. The zero-order valence-corrected chi connectivity index (χ0v) is 16.0. The molecule has 0 unspecified atom stereocenters.